The Kier molecular flexibility index (Phi) is 3.64. The first kappa shape index (κ1) is 13.4. The molecule has 0 spiro atoms. The Labute approximate surface area is 110 Å². The number of benzene rings is 1. The molecule has 3 heteroatoms. The monoisotopic (exact) mass is 248 g/mol. The van der Waals surface area contributed by atoms with Gasteiger partial charge in [0, 0.05) is 31.4 Å². The molecule has 0 saturated carbocycles. The van der Waals surface area contributed by atoms with Crippen LogP contribution in [0.25, 0.3) is 0 Å². The molecule has 18 heavy (non-hydrogen) atoms. The highest BCUT2D eigenvalue weighted by atomic mass is 16.3. The van der Waals surface area contributed by atoms with Crippen molar-refractivity contribution in [3.8, 4) is 0 Å². The van der Waals surface area contributed by atoms with Crippen LogP contribution in [0.15, 0.2) is 18.2 Å². The Bertz CT molecular complexity index is 427. The lowest BCUT2D eigenvalue weighted by molar-refractivity contribution is 0.0956. The number of aliphatic hydroxyl groups excluding tert-OH is 1. The summed E-state index contributed by atoms with van der Waals surface area (Å²) in [5, 5.41) is 13.1. The van der Waals surface area contributed by atoms with Crippen molar-refractivity contribution in [2.75, 3.05) is 18.5 Å². The van der Waals surface area contributed by atoms with Crippen LogP contribution in [0, 0.1) is 0 Å². The number of likely N-dealkylation sites (N-methyl/N-ethyl adjacent to an activating group) is 1. The van der Waals surface area contributed by atoms with Crippen LogP contribution in [-0.2, 0) is 13.0 Å². The van der Waals surface area contributed by atoms with E-state index < -0.39 is 0 Å². The van der Waals surface area contributed by atoms with Gasteiger partial charge in [0.1, 0.15) is 0 Å². The van der Waals surface area contributed by atoms with Crippen LogP contribution in [0.1, 0.15) is 31.9 Å². The molecule has 2 rings (SSSR count). The van der Waals surface area contributed by atoms with Gasteiger partial charge < -0.3 is 15.3 Å². The fourth-order valence-corrected chi connectivity index (χ4v) is 2.21. The Morgan fingerprint density at radius 1 is 1.44 bits per heavy atom. The Balaban J connectivity index is 2.04. The molecular weight excluding hydrogens is 224 g/mol. The number of nitrogens with zero attached hydrogens (tertiary/aromatic N) is 1. The molecule has 1 aromatic rings. The van der Waals surface area contributed by atoms with Crippen molar-refractivity contribution < 1.29 is 5.11 Å². The van der Waals surface area contributed by atoms with Gasteiger partial charge in [-0.1, -0.05) is 12.1 Å². The second-order valence-corrected chi connectivity index (χ2v) is 5.89. The van der Waals surface area contributed by atoms with E-state index >= 15 is 0 Å². The van der Waals surface area contributed by atoms with Crippen molar-refractivity contribution in [1.29, 1.82) is 0 Å². The molecule has 0 saturated heterocycles. The van der Waals surface area contributed by atoms with Gasteiger partial charge in [0.15, 0.2) is 0 Å². The SMILES string of the molecule is CC(O)C(C)(C)NCc1ccc2c(c1)CCN2C. The highest BCUT2D eigenvalue weighted by Gasteiger charge is 2.23. The first-order valence-corrected chi connectivity index (χ1v) is 6.66. The van der Waals surface area contributed by atoms with E-state index in [0.717, 1.165) is 19.5 Å². The van der Waals surface area contributed by atoms with Crippen LogP contribution >= 0.6 is 0 Å². The topological polar surface area (TPSA) is 35.5 Å². The standard InChI is InChI=1S/C15H24N2O/c1-11(18)15(2,3)16-10-12-5-6-14-13(9-12)7-8-17(14)4/h5-6,9,11,16,18H,7-8,10H2,1-4H3. The molecule has 1 aliphatic heterocycles. The smallest absolute Gasteiger partial charge is 0.0688 e. The fourth-order valence-electron chi connectivity index (χ4n) is 2.21. The molecule has 0 aromatic heterocycles. The minimum atomic E-state index is -0.363. The molecule has 1 unspecified atom stereocenters. The van der Waals surface area contributed by atoms with E-state index in [4.69, 9.17) is 0 Å². The zero-order valence-electron chi connectivity index (χ0n) is 11.8. The first-order chi connectivity index (χ1) is 8.40. The van der Waals surface area contributed by atoms with Gasteiger partial charge in [-0.3, -0.25) is 0 Å². The molecular formula is C15H24N2O. The highest BCUT2D eigenvalue weighted by molar-refractivity contribution is 5.58. The zero-order valence-corrected chi connectivity index (χ0v) is 11.8. The first-order valence-electron chi connectivity index (χ1n) is 6.66. The van der Waals surface area contributed by atoms with E-state index in [-0.39, 0.29) is 11.6 Å². The number of nitrogens with one attached hydrogen (secondary N) is 1. The molecule has 0 fully saturated rings. The van der Waals surface area contributed by atoms with Gasteiger partial charge in [-0.05, 0) is 44.4 Å². The second-order valence-electron chi connectivity index (χ2n) is 5.89. The average Bonchev–Trinajstić information content (AvgIpc) is 2.68. The number of hydrogen-bond acceptors (Lipinski definition) is 3. The van der Waals surface area contributed by atoms with Crippen molar-refractivity contribution in [2.24, 2.45) is 0 Å². The van der Waals surface area contributed by atoms with Crippen molar-refractivity contribution in [3.05, 3.63) is 29.3 Å². The van der Waals surface area contributed by atoms with E-state index in [0.29, 0.717) is 0 Å². The third kappa shape index (κ3) is 2.68. The number of fused-ring (bicyclic) bond motifs is 1. The van der Waals surface area contributed by atoms with Crippen LogP contribution in [0.5, 0.6) is 0 Å². The molecule has 0 amide bonds. The quantitative estimate of drug-likeness (QED) is 0.854. The second kappa shape index (κ2) is 4.90. The summed E-state index contributed by atoms with van der Waals surface area (Å²) in [5.41, 5.74) is 3.83. The molecule has 1 aliphatic rings. The summed E-state index contributed by atoms with van der Waals surface area (Å²) >= 11 is 0. The minimum absolute atomic E-state index is 0.254. The van der Waals surface area contributed by atoms with Gasteiger partial charge in [0.25, 0.3) is 0 Å². The molecule has 100 valence electrons. The lowest BCUT2D eigenvalue weighted by Gasteiger charge is -2.29. The maximum atomic E-state index is 9.68. The Morgan fingerprint density at radius 2 is 2.17 bits per heavy atom. The van der Waals surface area contributed by atoms with Gasteiger partial charge in [-0.2, -0.15) is 0 Å². The van der Waals surface area contributed by atoms with Crippen molar-refractivity contribution in [1.82, 2.24) is 5.32 Å². The summed E-state index contributed by atoms with van der Waals surface area (Å²) in [5.74, 6) is 0. The van der Waals surface area contributed by atoms with Crippen molar-refractivity contribution in [3.63, 3.8) is 0 Å². The Morgan fingerprint density at radius 3 is 2.83 bits per heavy atom. The van der Waals surface area contributed by atoms with Crippen LogP contribution < -0.4 is 10.2 Å². The Hall–Kier alpha value is -1.06. The number of aliphatic hydroxyl groups is 1. The maximum Gasteiger partial charge on any atom is 0.0688 e. The zero-order chi connectivity index (χ0) is 13.3. The van der Waals surface area contributed by atoms with E-state index in [2.05, 4.69) is 35.5 Å². The van der Waals surface area contributed by atoms with E-state index in [9.17, 15) is 5.11 Å². The number of anilines is 1. The van der Waals surface area contributed by atoms with Crippen molar-refractivity contribution in [2.45, 2.75) is 45.4 Å². The van der Waals surface area contributed by atoms with Crippen LogP contribution in [0.3, 0.4) is 0 Å². The van der Waals surface area contributed by atoms with Gasteiger partial charge in [0.05, 0.1) is 6.10 Å². The van der Waals surface area contributed by atoms with Crippen LogP contribution in [-0.4, -0.2) is 30.3 Å². The number of hydrogen-bond donors (Lipinski definition) is 2. The fraction of sp³-hybridized carbons (Fsp3) is 0.600. The molecule has 0 aliphatic carbocycles. The average molecular weight is 248 g/mol. The van der Waals surface area contributed by atoms with Gasteiger partial charge >= 0.3 is 0 Å². The van der Waals surface area contributed by atoms with Gasteiger partial charge in [-0.15, -0.1) is 0 Å². The predicted molar refractivity (Wildman–Crippen MR) is 76.0 cm³/mol. The predicted octanol–water partition coefficient (Wildman–Crippen LogP) is 1.93. The lowest BCUT2D eigenvalue weighted by atomic mass is 9.98. The third-order valence-electron chi connectivity index (χ3n) is 4.06. The molecule has 3 nitrogen and oxygen atoms in total. The summed E-state index contributed by atoms with van der Waals surface area (Å²) in [7, 11) is 2.14. The summed E-state index contributed by atoms with van der Waals surface area (Å²) in [4.78, 5) is 2.30. The van der Waals surface area contributed by atoms with Crippen LogP contribution in [0.4, 0.5) is 5.69 Å². The number of rotatable bonds is 4. The molecule has 0 bridgehead atoms. The lowest BCUT2D eigenvalue weighted by Crippen LogP contribution is -2.47. The summed E-state index contributed by atoms with van der Waals surface area (Å²) in [6.45, 7) is 7.79. The van der Waals surface area contributed by atoms with Crippen molar-refractivity contribution >= 4 is 5.69 Å². The summed E-state index contributed by atoms with van der Waals surface area (Å²) in [6, 6.07) is 6.66. The van der Waals surface area contributed by atoms with E-state index in [1.165, 1.54) is 16.8 Å². The van der Waals surface area contributed by atoms with Gasteiger partial charge in [0.2, 0.25) is 0 Å². The van der Waals surface area contributed by atoms with Gasteiger partial charge in [-0.25, -0.2) is 0 Å². The normalized spacial score (nSPS) is 16.8. The highest BCUT2D eigenvalue weighted by Crippen LogP contribution is 2.27. The molecule has 0 radical (unpaired) electrons. The van der Waals surface area contributed by atoms with Crippen LogP contribution in [0.2, 0.25) is 0 Å². The van der Waals surface area contributed by atoms with E-state index in [1.54, 1.807) is 0 Å². The summed E-state index contributed by atoms with van der Waals surface area (Å²) in [6.07, 6.45) is 0.775. The van der Waals surface area contributed by atoms with E-state index in [1.807, 2.05) is 20.8 Å². The summed E-state index contributed by atoms with van der Waals surface area (Å²) < 4.78 is 0. The molecule has 2 N–H and O–H groups in total. The minimum Gasteiger partial charge on any atom is -0.392 e. The molecule has 1 atom stereocenters. The molecule has 1 aromatic carbocycles. The third-order valence-corrected chi connectivity index (χ3v) is 4.06. The largest absolute Gasteiger partial charge is 0.392 e. The molecule has 1 heterocycles. The maximum absolute atomic E-state index is 9.68.